The Kier molecular flexibility index (Phi) is 7.05. The van der Waals surface area contributed by atoms with Crippen LogP contribution >= 0.6 is 0 Å². The second-order valence-electron chi connectivity index (χ2n) is 6.43. The van der Waals surface area contributed by atoms with E-state index in [4.69, 9.17) is 0 Å². The Balaban J connectivity index is 1.80. The zero-order valence-corrected chi connectivity index (χ0v) is 16.4. The van der Waals surface area contributed by atoms with Crippen molar-refractivity contribution in [3.8, 4) is 11.3 Å². The van der Waals surface area contributed by atoms with Gasteiger partial charge in [-0.15, -0.1) is 0 Å². The van der Waals surface area contributed by atoms with Crippen LogP contribution in [-0.4, -0.2) is 28.0 Å². The number of pyridine rings is 3. The lowest BCUT2D eigenvalue weighted by Gasteiger charge is -2.09. The summed E-state index contributed by atoms with van der Waals surface area (Å²) in [6.45, 7) is 5.44. The van der Waals surface area contributed by atoms with Crippen molar-refractivity contribution in [2.45, 2.75) is 19.9 Å². The molecule has 0 radical (unpaired) electrons. The Morgan fingerprint density at radius 2 is 2.03 bits per heavy atom. The Morgan fingerprint density at radius 3 is 2.73 bits per heavy atom. The summed E-state index contributed by atoms with van der Waals surface area (Å²) < 4.78 is 29.4. The van der Waals surface area contributed by atoms with Crippen molar-refractivity contribution in [1.82, 2.24) is 20.3 Å². The van der Waals surface area contributed by atoms with Crippen LogP contribution in [0.4, 0.5) is 8.78 Å². The summed E-state index contributed by atoms with van der Waals surface area (Å²) in [5.41, 5.74) is 2.79. The molecule has 1 N–H and O–H groups in total. The van der Waals surface area contributed by atoms with Gasteiger partial charge in [-0.05, 0) is 49.0 Å². The highest BCUT2D eigenvalue weighted by Gasteiger charge is 2.12. The van der Waals surface area contributed by atoms with Crippen LogP contribution in [0.2, 0.25) is 0 Å². The van der Waals surface area contributed by atoms with Gasteiger partial charge >= 0.3 is 0 Å². The van der Waals surface area contributed by atoms with Gasteiger partial charge in [0.25, 0.3) is 0 Å². The number of nitrogens with zero attached hydrogens (tertiary/aromatic N) is 5. The topological polar surface area (TPSA) is 75.4 Å². The maximum Gasteiger partial charge on any atom is 0.160 e. The number of aliphatic imine (C=N–C) groups is 2. The molecule has 0 fully saturated rings. The van der Waals surface area contributed by atoms with Crippen molar-refractivity contribution < 1.29 is 8.78 Å². The first-order chi connectivity index (χ1) is 14.6. The molecule has 0 atom stereocenters. The molecule has 0 aliphatic heterocycles. The molecule has 152 valence electrons. The number of hydrogen-bond donors (Lipinski definition) is 1. The highest BCUT2D eigenvalue weighted by atomic mass is 19.1. The molecule has 0 saturated heterocycles. The molecule has 0 saturated carbocycles. The molecule has 0 aromatic carbocycles. The van der Waals surface area contributed by atoms with Crippen LogP contribution in [0, 0.1) is 12.7 Å². The van der Waals surface area contributed by atoms with Crippen molar-refractivity contribution in [3.63, 3.8) is 0 Å². The van der Waals surface area contributed by atoms with Crippen molar-refractivity contribution in [2.75, 3.05) is 0 Å². The molecule has 8 heteroatoms. The molecule has 0 bridgehead atoms. The van der Waals surface area contributed by atoms with E-state index in [2.05, 4.69) is 37.0 Å². The molecule has 3 heterocycles. The van der Waals surface area contributed by atoms with Gasteiger partial charge in [0.2, 0.25) is 0 Å². The summed E-state index contributed by atoms with van der Waals surface area (Å²) >= 11 is 0. The van der Waals surface area contributed by atoms with E-state index >= 15 is 0 Å². The monoisotopic (exact) mass is 406 g/mol. The fourth-order valence-electron chi connectivity index (χ4n) is 2.74. The molecule has 0 aliphatic rings. The van der Waals surface area contributed by atoms with Crippen LogP contribution in [0.5, 0.6) is 0 Å². The van der Waals surface area contributed by atoms with Gasteiger partial charge in [0.1, 0.15) is 23.7 Å². The van der Waals surface area contributed by atoms with E-state index in [0.29, 0.717) is 17.7 Å². The van der Waals surface area contributed by atoms with E-state index in [0.717, 1.165) is 17.6 Å². The van der Waals surface area contributed by atoms with E-state index in [1.165, 1.54) is 12.3 Å². The average molecular weight is 406 g/mol. The van der Waals surface area contributed by atoms with Crippen molar-refractivity contribution in [1.29, 1.82) is 0 Å². The van der Waals surface area contributed by atoms with E-state index in [9.17, 15) is 8.78 Å². The van der Waals surface area contributed by atoms with Crippen molar-refractivity contribution in [2.24, 2.45) is 9.98 Å². The molecule has 3 rings (SSSR count). The molecule has 0 spiro atoms. The summed E-state index contributed by atoms with van der Waals surface area (Å²) in [7, 11) is 0. The van der Waals surface area contributed by atoms with Crippen LogP contribution in [-0.2, 0) is 13.0 Å². The van der Waals surface area contributed by atoms with Crippen molar-refractivity contribution in [3.05, 3.63) is 89.4 Å². The second-order valence-corrected chi connectivity index (χ2v) is 6.43. The molecule has 30 heavy (non-hydrogen) atoms. The first-order valence-electron chi connectivity index (χ1n) is 9.14. The highest BCUT2D eigenvalue weighted by molar-refractivity contribution is 5.63. The minimum Gasteiger partial charge on any atom is -0.364 e. The minimum atomic E-state index is -0.576. The third-order valence-electron chi connectivity index (χ3n) is 4.14. The van der Waals surface area contributed by atoms with Gasteiger partial charge in [-0.1, -0.05) is 6.07 Å². The summed E-state index contributed by atoms with van der Waals surface area (Å²) in [5.74, 6) is -1.12. The first kappa shape index (κ1) is 20.9. The third-order valence-corrected chi connectivity index (χ3v) is 4.14. The average Bonchev–Trinajstić information content (AvgIpc) is 2.74. The Labute approximate surface area is 173 Å². The van der Waals surface area contributed by atoms with Crippen LogP contribution in [0.3, 0.4) is 0 Å². The number of hydrogen-bond acceptors (Lipinski definition) is 5. The van der Waals surface area contributed by atoms with Crippen LogP contribution < -0.4 is 5.32 Å². The first-order valence-corrected chi connectivity index (χ1v) is 9.14. The summed E-state index contributed by atoms with van der Waals surface area (Å²) in [6, 6.07) is 8.32. The van der Waals surface area contributed by atoms with E-state index < -0.39 is 11.6 Å². The van der Waals surface area contributed by atoms with Crippen molar-refractivity contribution >= 4 is 13.1 Å². The fourth-order valence-corrected chi connectivity index (χ4v) is 2.74. The predicted octanol–water partition coefficient (Wildman–Crippen LogP) is 4.19. The Bertz CT molecular complexity index is 1080. The maximum absolute atomic E-state index is 14.9. The molecule has 0 amide bonds. The van der Waals surface area contributed by atoms with Gasteiger partial charge in [-0.25, -0.2) is 13.8 Å². The lowest BCUT2D eigenvalue weighted by Crippen LogP contribution is -2.14. The molecule has 6 nitrogen and oxygen atoms in total. The molecule has 0 unspecified atom stereocenters. The zero-order valence-electron chi connectivity index (χ0n) is 16.4. The van der Waals surface area contributed by atoms with Crippen LogP contribution in [0.1, 0.15) is 16.8 Å². The molecule has 3 aromatic heterocycles. The number of halogens is 2. The summed E-state index contributed by atoms with van der Waals surface area (Å²) in [5, 5.41) is 2.91. The normalized spacial score (nSPS) is 12.0. The van der Waals surface area contributed by atoms with Gasteiger partial charge in [0, 0.05) is 49.0 Å². The lowest BCUT2D eigenvalue weighted by molar-refractivity contribution is 0.572. The van der Waals surface area contributed by atoms with E-state index in [1.807, 2.05) is 13.0 Å². The second kappa shape index (κ2) is 10.1. The maximum atomic E-state index is 14.9. The molecule has 0 aliphatic carbocycles. The van der Waals surface area contributed by atoms with E-state index in [-0.39, 0.29) is 17.9 Å². The Morgan fingerprint density at radius 1 is 1.17 bits per heavy atom. The summed E-state index contributed by atoms with van der Waals surface area (Å²) in [4.78, 5) is 19.7. The van der Waals surface area contributed by atoms with Gasteiger partial charge in [-0.3, -0.25) is 19.9 Å². The number of allylic oxidation sites excluding steroid dienone is 1. The van der Waals surface area contributed by atoms with Gasteiger partial charge in [0.15, 0.2) is 5.82 Å². The summed E-state index contributed by atoms with van der Waals surface area (Å²) in [6.07, 6.45) is 7.31. The van der Waals surface area contributed by atoms with Crippen LogP contribution in [0.15, 0.2) is 76.8 Å². The number of aryl methyl sites for hydroxylation is 1. The highest BCUT2D eigenvalue weighted by Crippen LogP contribution is 2.23. The number of rotatable bonds is 8. The zero-order chi connectivity index (χ0) is 21.3. The molecule has 3 aromatic rings. The lowest BCUT2D eigenvalue weighted by atomic mass is 10.1. The minimum absolute atomic E-state index is 0.0134. The van der Waals surface area contributed by atoms with Gasteiger partial charge < -0.3 is 5.32 Å². The van der Waals surface area contributed by atoms with Crippen LogP contribution in [0.25, 0.3) is 11.3 Å². The standard InChI is InChI=1S/C22H20F2N6/c1-15-8-18(5-7-27-15)21-19(23)9-17(13-28-21)10-20(24)22(30-14-25-2)29-12-16-4-3-6-26-11-16/h3-9,11,13-14,29H,2,10,12H2,1H3/b22-20+,30-14?. The van der Waals surface area contributed by atoms with Gasteiger partial charge in [-0.2, -0.15) is 0 Å². The smallest absolute Gasteiger partial charge is 0.160 e. The van der Waals surface area contributed by atoms with Gasteiger partial charge in [0.05, 0.1) is 0 Å². The third kappa shape index (κ3) is 5.60. The predicted molar refractivity (Wildman–Crippen MR) is 113 cm³/mol. The quantitative estimate of drug-likeness (QED) is 0.450. The number of aromatic nitrogens is 3. The van der Waals surface area contributed by atoms with E-state index in [1.54, 1.807) is 36.8 Å². The Hall–Kier alpha value is -3.81. The molecular formula is C22H20F2N6. The fraction of sp³-hybridized carbons (Fsp3) is 0.136. The SMILES string of the molecule is C=NC=N/C(NCc1cccnc1)=C(/F)Cc1cnc(-c2ccnc(C)c2)c(F)c1. The largest absolute Gasteiger partial charge is 0.364 e. The molecular weight excluding hydrogens is 386 g/mol. The number of nitrogens with one attached hydrogen (secondary N) is 1.